The fourth-order valence-corrected chi connectivity index (χ4v) is 2.83. The molecule has 3 heteroatoms. The highest BCUT2D eigenvalue weighted by Crippen LogP contribution is 2.19. The van der Waals surface area contributed by atoms with Crippen LogP contribution in [0.3, 0.4) is 0 Å². The Kier molecular flexibility index (Phi) is 3.33. The van der Waals surface area contributed by atoms with Gasteiger partial charge in [0, 0.05) is 24.7 Å². The van der Waals surface area contributed by atoms with Crippen LogP contribution in [0.2, 0.25) is 0 Å². The van der Waals surface area contributed by atoms with Crippen LogP contribution in [0.25, 0.3) is 0 Å². The normalized spacial score (nSPS) is 36.2. The largest absolute Gasteiger partial charge is 0.312 e. The molecule has 0 saturated carbocycles. The Morgan fingerprint density at radius 1 is 1.47 bits per heavy atom. The molecule has 15 heavy (non-hydrogen) atoms. The molecule has 0 bridgehead atoms. The van der Waals surface area contributed by atoms with E-state index in [0.717, 1.165) is 12.5 Å². The lowest BCUT2D eigenvalue weighted by Crippen LogP contribution is -2.35. The molecule has 0 aromatic carbocycles. The molecule has 0 amide bonds. The van der Waals surface area contributed by atoms with E-state index in [9.17, 15) is 0 Å². The summed E-state index contributed by atoms with van der Waals surface area (Å²) in [5.41, 5.74) is 0.337. The molecule has 3 nitrogen and oxygen atoms in total. The third-order valence-electron chi connectivity index (χ3n) is 3.77. The van der Waals surface area contributed by atoms with Crippen LogP contribution in [0.1, 0.15) is 26.7 Å². The molecule has 0 spiro atoms. The molecule has 2 saturated heterocycles. The fraction of sp³-hybridized carbons (Fsp3) is 1.00. The van der Waals surface area contributed by atoms with Gasteiger partial charge in [0.05, 0.1) is 0 Å². The topological polar surface area (TPSA) is 27.3 Å². The molecular formula is C12H25N3. The van der Waals surface area contributed by atoms with Crippen molar-refractivity contribution < 1.29 is 0 Å². The van der Waals surface area contributed by atoms with Gasteiger partial charge in [0.15, 0.2) is 0 Å². The number of hydrogen-bond donors (Lipinski definition) is 2. The van der Waals surface area contributed by atoms with Crippen molar-refractivity contribution in [2.75, 3.05) is 33.2 Å². The summed E-state index contributed by atoms with van der Waals surface area (Å²) >= 11 is 0. The molecule has 2 aliphatic heterocycles. The van der Waals surface area contributed by atoms with Crippen molar-refractivity contribution in [3.8, 4) is 0 Å². The molecule has 2 atom stereocenters. The minimum absolute atomic E-state index is 0.337. The third kappa shape index (κ3) is 3.16. The predicted molar refractivity (Wildman–Crippen MR) is 64.1 cm³/mol. The van der Waals surface area contributed by atoms with Crippen LogP contribution in [-0.2, 0) is 0 Å². The van der Waals surface area contributed by atoms with Gasteiger partial charge in [0.25, 0.3) is 0 Å². The van der Waals surface area contributed by atoms with Crippen molar-refractivity contribution in [1.29, 1.82) is 0 Å². The molecule has 0 radical (unpaired) electrons. The molecule has 2 rings (SSSR count). The second-order valence-electron chi connectivity index (χ2n) is 5.99. The van der Waals surface area contributed by atoms with E-state index in [-0.39, 0.29) is 0 Å². The maximum atomic E-state index is 3.71. The first-order chi connectivity index (χ1) is 7.05. The Labute approximate surface area is 93.6 Å². The minimum atomic E-state index is 0.337. The monoisotopic (exact) mass is 211 g/mol. The van der Waals surface area contributed by atoms with Crippen molar-refractivity contribution in [1.82, 2.24) is 15.5 Å². The Balaban J connectivity index is 1.66. The zero-order valence-electron chi connectivity index (χ0n) is 10.3. The minimum Gasteiger partial charge on any atom is -0.312 e. The molecule has 0 aromatic rings. The van der Waals surface area contributed by atoms with E-state index in [0.29, 0.717) is 11.6 Å². The number of likely N-dealkylation sites (tertiary alicyclic amines) is 1. The smallest absolute Gasteiger partial charge is 0.0210 e. The van der Waals surface area contributed by atoms with E-state index >= 15 is 0 Å². The van der Waals surface area contributed by atoms with Gasteiger partial charge in [0.2, 0.25) is 0 Å². The lowest BCUT2D eigenvalue weighted by Gasteiger charge is -2.19. The average Bonchev–Trinajstić information content (AvgIpc) is 2.69. The van der Waals surface area contributed by atoms with Gasteiger partial charge in [-0.15, -0.1) is 0 Å². The van der Waals surface area contributed by atoms with Crippen LogP contribution in [0, 0.1) is 5.92 Å². The van der Waals surface area contributed by atoms with Crippen LogP contribution >= 0.6 is 0 Å². The summed E-state index contributed by atoms with van der Waals surface area (Å²) in [6.45, 7) is 9.47. The van der Waals surface area contributed by atoms with Crippen molar-refractivity contribution in [2.45, 2.75) is 38.3 Å². The van der Waals surface area contributed by atoms with Crippen LogP contribution in [0.15, 0.2) is 0 Å². The summed E-state index contributed by atoms with van der Waals surface area (Å²) in [6, 6.07) is 0.686. The highest BCUT2D eigenvalue weighted by atomic mass is 15.1. The standard InChI is InChI=1S/C12H25N3/c1-12(2)6-11(8-14-12)13-7-10-4-5-15(3)9-10/h10-11,13-14H,4-9H2,1-3H3. The molecule has 0 aliphatic carbocycles. The maximum Gasteiger partial charge on any atom is 0.0210 e. The molecule has 2 aliphatic rings. The molecule has 88 valence electrons. The van der Waals surface area contributed by atoms with Crippen molar-refractivity contribution in [3.05, 3.63) is 0 Å². The summed E-state index contributed by atoms with van der Waals surface area (Å²) in [5, 5.41) is 7.27. The lowest BCUT2D eigenvalue weighted by atomic mass is 10.0. The highest BCUT2D eigenvalue weighted by molar-refractivity contribution is 4.93. The van der Waals surface area contributed by atoms with E-state index < -0.39 is 0 Å². The summed E-state index contributed by atoms with van der Waals surface area (Å²) in [4.78, 5) is 2.43. The molecule has 2 N–H and O–H groups in total. The third-order valence-corrected chi connectivity index (χ3v) is 3.77. The summed E-state index contributed by atoms with van der Waals surface area (Å²) in [5.74, 6) is 0.874. The second kappa shape index (κ2) is 4.40. The number of hydrogen-bond acceptors (Lipinski definition) is 3. The van der Waals surface area contributed by atoms with Gasteiger partial charge < -0.3 is 15.5 Å². The van der Waals surface area contributed by atoms with Crippen LogP contribution < -0.4 is 10.6 Å². The van der Waals surface area contributed by atoms with E-state index in [1.54, 1.807) is 0 Å². The SMILES string of the molecule is CN1CCC(CNC2CNC(C)(C)C2)C1. The fourth-order valence-electron chi connectivity index (χ4n) is 2.83. The average molecular weight is 211 g/mol. The molecular weight excluding hydrogens is 186 g/mol. The Hall–Kier alpha value is -0.120. The molecule has 0 aromatic heterocycles. The van der Waals surface area contributed by atoms with Crippen LogP contribution in [0.4, 0.5) is 0 Å². The van der Waals surface area contributed by atoms with Crippen LogP contribution in [-0.4, -0.2) is 49.7 Å². The summed E-state index contributed by atoms with van der Waals surface area (Å²) in [7, 11) is 2.22. The van der Waals surface area contributed by atoms with E-state index in [2.05, 4.69) is 36.4 Å². The number of rotatable bonds is 3. The quantitative estimate of drug-likeness (QED) is 0.718. The maximum absolute atomic E-state index is 3.71. The Bertz CT molecular complexity index is 215. The zero-order valence-corrected chi connectivity index (χ0v) is 10.3. The number of nitrogens with zero attached hydrogens (tertiary/aromatic N) is 1. The van der Waals surface area contributed by atoms with Gasteiger partial charge in [-0.3, -0.25) is 0 Å². The van der Waals surface area contributed by atoms with Gasteiger partial charge >= 0.3 is 0 Å². The van der Waals surface area contributed by atoms with Gasteiger partial charge in [-0.1, -0.05) is 0 Å². The van der Waals surface area contributed by atoms with Crippen molar-refractivity contribution >= 4 is 0 Å². The lowest BCUT2D eigenvalue weighted by molar-refractivity contribution is 0.377. The van der Waals surface area contributed by atoms with Gasteiger partial charge in [-0.2, -0.15) is 0 Å². The molecule has 2 unspecified atom stereocenters. The van der Waals surface area contributed by atoms with Crippen molar-refractivity contribution in [2.24, 2.45) is 5.92 Å². The van der Waals surface area contributed by atoms with Gasteiger partial charge in [-0.05, 0) is 52.7 Å². The second-order valence-corrected chi connectivity index (χ2v) is 5.99. The Morgan fingerprint density at radius 2 is 2.27 bits per heavy atom. The summed E-state index contributed by atoms with van der Waals surface area (Å²) < 4.78 is 0. The van der Waals surface area contributed by atoms with Gasteiger partial charge in [0.1, 0.15) is 0 Å². The first-order valence-corrected chi connectivity index (χ1v) is 6.22. The van der Waals surface area contributed by atoms with E-state index in [1.165, 1.54) is 32.5 Å². The first-order valence-electron chi connectivity index (χ1n) is 6.22. The van der Waals surface area contributed by atoms with E-state index in [1.807, 2.05) is 0 Å². The predicted octanol–water partition coefficient (Wildman–Crippen LogP) is 0.668. The van der Waals surface area contributed by atoms with E-state index in [4.69, 9.17) is 0 Å². The highest BCUT2D eigenvalue weighted by Gasteiger charge is 2.30. The Morgan fingerprint density at radius 3 is 2.80 bits per heavy atom. The van der Waals surface area contributed by atoms with Crippen LogP contribution in [0.5, 0.6) is 0 Å². The van der Waals surface area contributed by atoms with Crippen molar-refractivity contribution in [3.63, 3.8) is 0 Å². The first kappa shape index (κ1) is 11.4. The summed E-state index contributed by atoms with van der Waals surface area (Å²) in [6.07, 6.45) is 2.63. The van der Waals surface area contributed by atoms with Gasteiger partial charge in [-0.25, -0.2) is 0 Å². The zero-order chi connectivity index (χ0) is 10.9. The number of nitrogens with one attached hydrogen (secondary N) is 2. The molecule has 2 fully saturated rings. The molecule has 2 heterocycles.